The lowest BCUT2D eigenvalue weighted by Gasteiger charge is -2.47. The molecule has 2 atom stereocenters. The quantitative estimate of drug-likeness (QED) is 0.798. The van der Waals surface area contributed by atoms with Crippen LogP contribution in [0.3, 0.4) is 0 Å². The number of hydrogen-bond acceptors (Lipinski definition) is 4. The van der Waals surface area contributed by atoms with Crippen LogP contribution in [0.4, 0.5) is 0 Å². The highest BCUT2D eigenvalue weighted by molar-refractivity contribution is 5.94. The van der Waals surface area contributed by atoms with Gasteiger partial charge in [0.25, 0.3) is 5.91 Å². The van der Waals surface area contributed by atoms with Crippen molar-refractivity contribution in [2.75, 3.05) is 39.3 Å². The Balaban J connectivity index is 1.50. The Labute approximate surface area is 167 Å². The third-order valence-electron chi connectivity index (χ3n) is 6.97. The molecular weight excluding hydrogens is 352 g/mol. The summed E-state index contributed by atoms with van der Waals surface area (Å²) in [5, 5.41) is 0. The summed E-state index contributed by atoms with van der Waals surface area (Å²) >= 11 is 0. The topological polar surface area (TPSA) is 56.8 Å². The van der Waals surface area contributed by atoms with Crippen molar-refractivity contribution in [2.24, 2.45) is 17.8 Å². The van der Waals surface area contributed by atoms with Gasteiger partial charge in [0, 0.05) is 57.6 Å². The van der Waals surface area contributed by atoms with E-state index >= 15 is 0 Å². The second kappa shape index (κ2) is 7.47. The van der Waals surface area contributed by atoms with Crippen LogP contribution in [0.2, 0.25) is 0 Å². The number of carbonyl (C=O) groups excluding carboxylic acids is 2. The first kappa shape index (κ1) is 19.4. The van der Waals surface area contributed by atoms with Gasteiger partial charge in [-0.2, -0.15) is 0 Å². The number of carbonyl (C=O) groups is 2. The smallest absolute Gasteiger partial charge is 0.255 e. The molecule has 6 nitrogen and oxygen atoms in total. The molecule has 152 valence electrons. The average molecular weight is 385 g/mol. The molecule has 3 aliphatic heterocycles. The molecule has 3 fully saturated rings. The largest absolute Gasteiger partial charge is 0.338 e. The van der Waals surface area contributed by atoms with Gasteiger partial charge < -0.3 is 14.7 Å². The predicted octanol–water partition coefficient (Wildman–Crippen LogP) is 2.12. The van der Waals surface area contributed by atoms with Crippen molar-refractivity contribution in [3.8, 4) is 0 Å². The Morgan fingerprint density at radius 3 is 2.64 bits per heavy atom. The van der Waals surface area contributed by atoms with Crippen LogP contribution in [0.15, 0.2) is 24.5 Å². The van der Waals surface area contributed by atoms with Gasteiger partial charge in [0.1, 0.15) is 0 Å². The monoisotopic (exact) mass is 384 g/mol. The summed E-state index contributed by atoms with van der Waals surface area (Å²) < 4.78 is 0. The van der Waals surface area contributed by atoms with Gasteiger partial charge >= 0.3 is 0 Å². The molecule has 0 aromatic carbocycles. The van der Waals surface area contributed by atoms with Gasteiger partial charge in [-0.1, -0.05) is 13.8 Å². The van der Waals surface area contributed by atoms with E-state index in [4.69, 9.17) is 0 Å². The lowest BCUT2D eigenvalue weighted by Crippen LogP contribution is -2.57. The maximum absolute atomic E-state index is 13.2. The number of nitrogens with zero attached hydrogens (tertiary/aromatic N) is 4. The number of rotatable bonds is 4. The molecule has 0 aliphatic carbocycles. The van der Waals surface area contributed by atoms with E-state index in [0.717, 1.165) is 39.0 Å². The molecule has 6 heteroatoms. The molecule has 3 saturated heterocycles. The van der Waals surface area contributed by atoms with Gasteiger partial charge in [-0.15, -0.1) is 0 Å². The van der Waals surface area contributed by atoms with E-state index in [1.54, 1.807) is 18.5 Å². The third-order valence-corrected chi connectivity index (χ3v) is 6.97. The SMILES string of the molecule is CCN1C(=O)[C@H]2CN(CC(C)C)C[C@H]2C12CCN(C(=O)c1cccnc1)CC2. The predicted molar refractivity (Wildman–Crippen MR) is 108 cm³/mol. The molecule has 0 N–H and O–H groups in total. The molecule has 3 aliphatic rings. The summed E-state index contributed by atoms with van der Waals surface area (Å²) in [7, 11) is 0. The summed E-state index contributed by atoms with van der Waals surface area (Å²) in [6.07, 6.45) is 5.10. The highest BCUT2D eigenvalue weighted by Crippen LogP contribution is 2.49. The van der Waals surface area contributed by atoms with Crippen molar-refractivity contribution in [3.05, 3.63) is 30.1 Å². The second-order valence-electron chi connectivity index (χ2n) is 9.05. The van der Waals surface area contributed by atoms with Gasteiger partial charge in [0.05, 0.1) is 17.0 Å². The van der Waals surface area contributed by atoms with Gasteiger partial charge in [0.15, 0.2) is 0 Å². The van der Waals surface area contributed by atoms with Crippen molar-refractivity contribution in [3.63, 3.8) is 0 Å². The number of hydrogen-bond donors (Lipinski definition) is 0. The molecule has 28 heavy (non-hydrogen) atoms. The van der Waals surface area contributed by atoms with Crippen LogP contribution in [0.25, 0.3) is 0 Å². The standard InChI is InChI=1S/C22H32N4O2/c1-4-26-21(28)18-14-24(13-16(2)3)15-19(18)22(26)7-10-25(11-8-22)20(27)17-6-5-9-23-12-17/h5-6,9,12,16,18-19H,4,7-8,10-11,13-15H2,1-3H3/t18-,19+/m0/s1. The van der Waals surface area contributed by atoms with Crippen LogP contribution in [0.1, 0.15) is 44.0 Å². The van der Waals surface area contributed by atoms with Crippen molar-refractivity contribution >= 4 is 11.8 Å². The molecule has 4 rings (SSSR count). The zero-order chi connectivity index (χ0) is 19.9. The van der Waals surface area contributed by atoms with Crippen LogP contribution in [0, 0.1) is 17.8 Å². The second-order valence-corrected chi connectivity index (χ2v) is 9.05. The Morgan fingerprint density at radius 2 is 2.04 bits per heavy atom. The number of fused-ring (bicyclic) bond motifs is 2. The summed E-state index contributed by atoms with van der Waals surface area (Å²) in [6.45, 7) is 11.8. The fourth-order valence-electron chi connectivity index (χ4n) is 5.85. The summed E-state index contributed by atoms with van der Waals surface area (Å²) in [4.78, 5) is 36.6. The molecule has 4 heterocycles. The van der Waals surface area contributed by atoms with Gasteiger partial charge in [-0.3, -0.25) is 14.6 Å². The fraction of sp³-hybridized carbons (Fsp3) is 0.682. The van der Waals surface area contributed by atoms with E-state index in [0.29, 0.717) is 36.4 Å². The maximum Gasteiger partial charge on any atom is 0.255 e. The summed E-state index contributed by atoms with van der Waals surface area (Å²) in [6, 6.07) is 3.63. The average Bonchev–Trinajstić information content (AvgIpc) is 3.20. The maximum atomic E-state index is 13.2. The normalized spacial score (nSPS) is 27.1. The molecule has 0 saturated carbocycles. The lowest BCUT2D eigenvalue weighted by molar-refractivity contribution is -0.135. The molecule has 0 bridgehead atoms. The first-order valence-corrected chi connectivity index (χ1v) is 10.7. The van der Waals surface area contributed by atoms with Gasteiger partial charge in [-0.05, 0) is 37.8 Å². The Bertz CT molecular complexity index is 727. The van der Waals surface area contributed by atoms with E-state index in [9.17, 15) is 9.59 Å². The van der Waals surface area contributed by atoms with Crippen LogP contribution in [0.5, 0.6) is 0 Å². The Morgan fingerprint density at radius 1 is 1.29 bits per heavy atom. The minimum absolute atomic E-state index is 0.0553. The van der Waals surface area contributed by atoms with Crippen molar-refractivity contribution < 1.29 is 9.59 Å². The van der Waals surface area contributed by atoms with Crippen LogP contribution >= 0.6 is 0 Å². The fourth-order valence-corrected chi connectivity index (χ4v) is 5.85. The number of pyridine rings is 1. The van der Waals surface area contributed by atoms with E-state index in [-0.39, 0.29) is 17.4 Å². The van der Waals surface area contributed by atoms with Gasteiger partial charge in [0.2, 0.25) is 5.91 Å². The zero-order valence-electron chi connectivity index (χ0n) is 17.3. The van der Waals surface area contributed by atoms with E-state index < -0.39 is 0 Å². The highest BCUT2D eigenvalue weighted by Gasteiger charge is 2.61. The lowest BCUT2D eigenvalue weighted by atomic mass is 9.74. The van der Waals surface area contributed by atoms with Gasteiger partial charge in [-0.25, -0.2) is 0 Å². The number of likely N-dealkylation sites (tertiary alicyclic amines) is 3. The number of aromatic nitrogens is 1. The summed E-state index contributed by atoms with van der Waals surface area (Å²) in [5.41, 5.74) is 0.573. The number of piperidine rings is 1. The third kappa shape index (κ3) is 3.11. The zero-order valence-corrected chi connectivity index (χ0v) is 17.3. The Kier molecular flexibility index (Phi) is 5.17. The molecule has 1 aromatic heterocycles. The molecule has 1 spiro atoms. The minimum atomic E-state index is -0.0754. The first-order valence-electron chi connectivity index (χ1n) is 10.7. The molecular formula is C22H32N4O2. The molecule has 1 aromatic rings. The van der Waals surface area contributed by atoms with E-state index in [1.807, 2.05) is 11.0 Å². The van der Waals surface area contributed by atoms with E-state index in [2.05, 4.69) is 35.6 Å². The van der Waals surface area contributed by atoms with Crippen molar-refractivity contribution in [1.29, 1.82) is 0 Å². The molecule has 2 amide bonds. The van der Waals surface area contributed by atoms with Crippen molar-refractivity contribution in [2.45, 2.75) is 39.2 Å². The summed E-state index contributed by atoms with van der Waals surface area (Å²) in [5.74, 6) is 1.55. The molecule has 0 unspecified atom stereocenters. The first-order chi connectivity index (χ1) is 13.5. The van der Waals surface area contributed by atoms with Crippen LogP contribution in [-0.4, -0.2) is 76.3 Å². The highest BCUT2D eigenvalue weighted by atomic mass is 16.2. The van der Waals surface area contributed by atoms with Crippen LogP contribution < -0.4 is 0 Å². The van der Waals surface area contributed by atoms with Crippen LogP contribution in [-0.2, 0) is 4.79 Å². The Hall–Kier alpha value is -1.95. The number of amides is 2. The molecule has 0 radical (unpaired) electrons. The minimum Gasteiger partial charge on any atom is -0.338 e. The van der Waals surface area contributed by atoms with Crippen molar-refractivity contribution in [1.82, 2.24) is 19.7 Å². The van der Waals surface area contributed by atoms with E-state index in [1.165, 1.54) is 0 Å².